The molecule has 22 heavy (non-hydrogen) atoms. The van der Waals surface area contributed by atoms with Gasteiger partial charge in [-0.15, -0.1) is 4.40 Å². The second-order valence-corrected chi connectivity index (χ2v) is 8.27. The Labute approximate surface area is 135 Å². The number of morpholine rings is 1. The molecular weight excluding hydrogens is 324 g/mol. The molecule has 5 nitrogen and oxygen atoms in total. The van der Waals surface area contributed by atoms with Gasteiger partial charge in [0.25, 0.3) is 10.0 Å². The Hall–Kier alpha value is -1.11. The van der Waals surface area contributed by atoms with Crippen LogP contribution in [0.4, 0.5) is 0 Å². The SMILES string of the molecule is CC1CN(C2=NS(=O)(=O)c3cc(Cl)ccc32)CC(C2CC2)O1. The van der Waals surface area contributed by atoms with Crippen molar-refractivity contribution in [3.05, 3.63) is 28.8 Å². The fourth-order valence-corrected chi connectivity index (χ4v) is 4.71. The molecule has 1 saturated carbocycles. The molecular formula is C15H17ClN2O3S. The van der Waals surface area contributed by atoms with Crippen molar-refractivity contribution in [2.75, 3.05) is 13.1 Å². The van der Waals surface area contributed by atoms with Crippen molar-refractivity contribution in [3.8, 4) is 0 Å². The van der Waals surface area contributed by atoms with Crippen molar-refractivity contribution in [1.82, 2.24) is 4.90 Å². The van der Waals surface area contributed by atoms with E-state index in [1.165, 1.54) is 18.9 Å². The first-order valence-electron chi connectivity index (χ1n) is 7.49. The molecule has 1 aliphatic carbocycles. The van der Waals surface area contributed by atoms with Gasteiger partial charge in [-0.1, -0.05) is 11.6 Å². The van der Waals surface area contributed by atoms with Gasteiger partial charge in [-0.05, 0) is 43.9 Å². The molecule has 0 N–H and O–H groups in total. The lowest BCUT2D eigenvalue weighted by atomic mass is 10.1. The summed E-state index contributed by atoms with van der Waals surface area (Å²) in [6.45, 7) is 3.37. The summed E-state index contributed by atoms with van der Waals surface area (Å²) >= 11 is 5.93. The third kappa shape index (κ3) is 2.43. The van der Waals surface area contributed by atoms with Crippen molar-refractivity contribution in [1.29, 1.82) is 0 Å². The van der Waals surface area contributed by atoms with Gasteiger partial charge in [0.2, 0.25) is 0 Å². The Morgan fingerprint density at radius 3 is 2.82 bits per heavy atom. The summed E-state index contributed by atoms with van der Waals surface area (Å²) in [5, 5.41) is 0.407. The molecule has 7 heteroatoms. The molecule has 4 rings (SSSR count). The average molecular weight is 341 g/mol. The highest BCUT2D eigenvalue weighted by Crippen LogP contribution is 2.38. The number of rotatable bonds is 1. The quantitative estimate of drug-likeness (QED) is 0.787. The maximum Gasteiger partial charge on any atom is 0.285 e. The lowest BCUT2D eigenvalue weighted by molar-refractivity contribution is -0.0672. The largest absolute Gasteiger partial charge is 0.371 e. The first-order chi connectivity index (χ1) is 10.4. The van der Waals surface area contributed by atoms with Crippen molar-refractivity contribution in [2.45, 2.75) is 36.9 Å². The molecule has 2 fully saturated rings. The first-order valence-corrected chi connectivity index (χ1v) is 9.31. The van der Waals surface area contributed by atoms with Crippen LogP contribution in [0.1, 0.15) is 25.3 Å². The number of benzene rings is 1. The third-order valence-corrected chi connectivity index (χ3v) is 5.94. The van der Waals surface area contributed by atoms with Gasteiger partial charge in [-0.3, -0.25) is 0 Å². The van der Waals surface area contributed by atoms with Crippen LogP contribution in [0.25, 0.3) is 0 Å². The van der Waals surface area contributed by atoms with Gasteiger partial charge >= 0.3 is 0 Å². The second-order valence-electron chi connectivity index (χ2n) is 6.26. The third-order valence-electron chi connectivity index (χ3n) is 4.40. The molecule has 1 saturated heterocycles. The Kier molecular flexibility index (Phi) is 3.25. The van der Waals surface area contributed by atoms with E-state index in [9.17, 15) is 8.42 Å². The molecule has 2 heterocycles. The number of amidine groups is 1. The van der Waals surface area contributed by atoms with Crippen LogP contribution >= 0.6 is 11.6 Å². The number of nitrogens with zero attached hydrogens (tertiary/aromatic N) is 2. The molecule has 1 aromatic carbocycles. The molecule has 0 bridgehead atoms. The van der Waals surface area contributed by atoms with Gasteiger partial charge in [-0.25, -0.2) is 0 Å². The molecule has 0 radical (unpaired) electrons. The van der Waals surface area contributed by atoms with Crippen LogP contribution in [0, 0.1) is 5.92 Å². The summed E-state index contributed by atoms with van der Waals surface area (Å²) in [6, 6.07) is 4.93. The minimum Gasteiger partial charge on any atom is -0.371 e. The van der Waals surface area contributed by atoms with Gasteiger partial charge in [-0.2, -0.15) is 8.42 Å². The van der Waals surface area contributed by atoms with Gasteiger partial charge in [0.15, 0.2) is 5.84 Å². The smallest absolute Gasteiger partial charge is 0.285 e. The number of hydrogen-bond donors (Lipinski definition) is 0. The van der Waals surface area contributed by atoms with E-state index in [1.807, 2.05) is 6.92 Å². The van der Waals surface area contributed by atoms with Crippen molar-refractivity contribution >= 4 is 27.5 Å². The van der Waals surface area contributed by atoms with E-state index in [-0.39, 0.29) is 17.1 Å². The Morgan fingerprint density at radius 2 is 2.09 bits per heavy atom. The van der Waals surface area contributed by atoms with Gasteiger partial charge in [0.05, 0.1) is 12.2 Å². The highest BCUT2D eigenvalue weighted by atomic mass is 35.5. The lowest BCUT2D eigenvalue weighted by Gasteiger charge is -2.38. The molecule has 2 atom stereocenters. The Bertz CT molecular complexity index is 758. The predicted octanol–water partition coefficient (Wildman–Crippen LogP) is 2.29. The standard InChI is InChI=1S/C15H17ClN2O3S/c1-9-7-18(8-13(21-9)10-2-3-10)15-12-5-4-11(16)6-14(12)22(19,20)17-15/h4-6,9-10,13H,2-3,7-8H2,1H3. The first kappa shape index (κ1) is 14.5. The summed E-state index contributed by atoms with van der Waals surface area (Å²) in [4.78, 5) is 2.26. The van der Waals surface area contributed by atoms with Crippen LogP contribution in [0.15, 0.2) is 27.5 Å². The molecule has 3 aliphatic rings. The number of hydrogen-bond acceptors (Lipinski definition) is 4. The second kappa shape index (κ2) is 4.94. The van der Waals surface area contributed by atoms with E-state index < -0.39 is 10.0 Å². The zero-order valence-corrected chi connectivity index (χ0v) is 13.8. The Morgan fingerprint density at radius 1 is 1.32 bits per heavy atom. The number of fused-ring (bicyclic) bond motifs is 1. The number of ether oxygens (including phenoxy) is 1. The molecule has 1 aromatic rings. The van der Waals surface area contributed by atoms with E-state index in [2.05, 4.69) is 9.30 Å². The van der Waals surface area contributed by atoms with Crippen molar-refractivity contribution in [3.63, 3.8) is 0 Å². The topological polar surface area (TPSA) is 59.0 Å². The Balaban J connectivity index is 1.71. The zero-order valence-electron chi connectivity index (χ0n) is 12.2. The minimum absolute atomic E-state index is 0.0705. The average Bonchev–Trinajstić information content (AvgIpc) is 3.25. The molecule has 2 aliphatic heterocycles. The summed E-state index contributed by atoms with van der Waals surface area (Å²) < 4.78 is 34.5. The maximum absolute atomic E-state index is 12.3. The highest BCUT2D eigenvalue weighted by Gasteiger charge is 2.40. The van der Waals surface area contributed by atoms with Crippen LogP contribution in [-0.2, 0) is 14.8 Å². The zero-order chi connectivity index (χ0) is 15.5. The molecule has 2 unspecified atom stereocenters. The molecule has 0 spiro atoms. The van der Waals surface area contributed by atoms with Crippen LogP contribution in [-0.4, -0.2) is 44.5 Å². The van der Waals surface area contributed by atoms with Gasteiger partial charge in [0, 0.05) is 23.7 Å². The van der Waals surface area contributed by atoms with Crippen LogP contribution < -0.4 is 0 Å². The fraction of sp³-hybridized carbons (Fsp3) is 0.533. The van der Waals surface area contributed by atoms with E-state index in [0.29, 0.717) is 35.4 Å². The number of sulfonamides is 1. The molecule has 0 aromatic heterocycles. The normalized spacial score (nSPS) is 30.1. The fourth-order valence-electron chi connectivity index (χ4n) is 3.22. The van der Waals surface area contributed by atoms with E-state index in [4.69, 9.17) is 16.3 Å². The summed E-state index contributed by atoms with van der Waals surface area (Å²) in [6.07, 6.45) is 2.64. The summed E-state index contributed by atoms with van der Waals surface area (Å²) in [5.41, 5.74) is 0.646. The van der Waals surface area contributed by atoms with E-state index in [0.717, 1.165) is 0 Å². The van der Waals surface area contributed by atoms with Crippen LogP contribution in [0.3, 0.4) is 0 Å². The lowest BCUT2D eigenvalue weighted by Crippen LogP contribution is -2.49. The van der Waals surface area contributed by atoms with Crippen LogP contribution in [0.2, 0.25) is 5.02 Å². The summed E-state index contributed by atoms with van der Waals surface area (Å²) in [7, 11) is -3.65. The predicted molar refractivity (Wildman–Crippen MR) is 83.8 cm³/mol. The van der Waals surface area contributed by atoms with Gasteiger partial charge < -0.3 is 9.64 Å². The molecule has 0 amide bonds. The maximum atomic E-state index is 12.3. The van der Waals surface area contributed by atoms with Gasteiger partial charge in [0.1, 0.15) is 4.90 Å². The van der Waals surface area contributed by atoms with Crippen LogP contribution in [0.5, 0.6) is 0 Å². The highest BCUT2D eigenvalue weighted by molar-refractivity contribution is 7.90. The van der Waals surface area contributed by atoms with Crippen molar-refractivity contribution in [2.24, 2.45) is 10.3 Å². The summed E-state index contributed by atoms with van der Waals surface area (Å²) in [5.74, 6) is 1.14. The molecule has 118 valence electrons. The minimum atomic E-state index is -3.65. The van der Waals surface area contributed by atoms with E-state index in [1.54, 1.807) is 12.1 Å². The van der Waals surface area contributed by atoms with E-state index >= 15 is 0 Å². The monoisotopic (exact) mass is 340 g/mol. The van der Waals surface area contributed by atoms with Crippen molar-refractivity contribution < 1.29 is 13.2 Å². The number of halogens is 1.